The summed E-state index contributed by atoms with van der Waals surface area (Å²) >= 11 is 2.74. The fourth-order valence-corrected chi connectivity index (χ4v) is 0.947. The fraction of sp³-hybridized carbons (Fsp3) is 0.333. The molecule has 0 aromatic rings. The van der Waals surface area contributed by atoms with Crippen LogP contribution in [0.1, 0.15) is 13.3 Å². The number of carboxylic acids is 2. The number of carboxylic acid groups (broad SMARTS) is 2. The van der Waals surface area contributed by atoms with Crippen LogP contribution in [0.2, 0.25) is 0 Å². The summed E-state index contributed by atoms with van der Waals surface area (Å²) in [5.41, 5.74) is -1.11. The van der Waals surface area contributed by atoms with Crippen LogP contribution in [-0.2, 0) is 23.9 Å². The lowest BCUT2D eigenvalue weighted by atomic mass is 10.1. The SMILES string of the molecule is C/C(C(=O)O)=C(/CC(=O)OC(=O)CBr)C(=O)O. The van der Waals surface area contributed by atoms with E-state index < -0.39 is 41.4 Å². The molecule has 0 radical (unpaired) electrons. The average molecular weight is 309 g/mol. The Morgan fingerprint density at radius 2 is 1.59 bits per heavy atom. The van der Waals surface area contributed by atoms with E-state index in [0.29, 0.717) is 0 Å². The van der Waals surface area contributed by atoms with Gasteiger partial charge in [0, 0.05) is 5.57 Å². The lowest BCUT2D eigenvalue weighted by Gasteiger charge is -2.04. The van der Waals surface area contributed by atoms with Crippen molar-refractivity contribution in [3.05, 3.63) is 11.1 Å². The summed E-state index contributed by atoms with van der Waals surface area (Å²) in [5.74, 6) is -5.00. The van der Waals surface area contributed by atoms with Gasteiger partial charge in [0.05, 0.1) is 12.0 Å². The molecule has 0 unspecified atom stereocenters. The Balaban J connectivity index is 4.87. The van der Waals surface area contributed by atoms with Gasteiger partial charge in [-0.2, -0.15) is 0 Å². The van der Waals surface area contributed by atoms with E-state index in [1.807, 2.05) is 0 Å². The minimum atomic E-state index is -1.55. The van der Waals surface area contributed by atoms with Crippen LogP contribution in [0, 0.1) is 0 Å². The van der Waals surface area contributed by atoms with Gasteiger partial charge in [0.1, 0.15) is 5.33 Å². The summed E-state index contributed by atoms with van der Waals surface area (Å²) in [4.78, 5) is 43.1. The largest absolute Gasteiger partial charge is 0.478 e. The van der Waals surface area contributed by atoms with Crippen molar-refractivity contribution in [2.45, 2.75) is 13.3 Å². The van der Waals surface area contributed by atoms with Crippen molar-refractivity contribution in [3.63, 3.8) is 0 Å². The monoisotopic (exact) mass is 308 g/mol. The maximum atomic E-state index is 11.1. The summed E-state index contributed by atoms with van der Waals surface area (Å²) in [6.07, 6.45) is -0.786. The van der Waals surface area contributed by atoms with Gasteiger partial charge in [-0.1, -0.05) is 15.9 Å². The minimum absolute atomic E-state index is 0.219. The molecule has 17 heavy (non-hydrogen) atoms. The highest BCUT2D eigenvalue weighted by atomic mass is 79.9. The highest BCUT2D eigenvalue weighted by Crippen LogP contribution is 2.11. The van der Waals surface area contributed by atoms with Gasteiger partial charge < -0.3 is 14.9 Å². The van der Waals surface area contributed by atoms with Gasteiger partial charge in [-0.25, -0.2) is 9.59 Å². The van der Waals surface area contributed by atoms with E-state index in [1.165, 1.54) is 0 Å². The Labute approximate surface area is 104 Å². The number of ether oxygens (including phenoxy) is 1. The van der Waals surface area contributed by atoms with Crippen LogP contribution in [0.25, 0.3) is 0 Å². The van der Waals surface area contributed by atoms with Crippen molar-refractivity contribution in [2.24, 2.45) is 0 Å². The molecule has 0 aliphatic carbocycles. The van der Waals surface area contributed by atoms with Crippen LogP contribution >= 0.6 is 15.9 Å². The van der Waals surface area contributed by atoms with Gasteiger partial charge in [-0.15, -0.1) is 0 Å². The Bertz CT molecular complexity index is 396. The zero-order chi connectivity index (χ0) is 13.6. The minimum Gasteiger partial charge on any atom is -0.478 e. The molecule has 8 heteroatoms. The first kappa shape index (κ1) is 15.3. The molecule has 0 spiro atoms. The van der Waals surface area contributed by atoms with Crippen LogP contribution < -0.4 is 0 Å². The highest BCUT2D eigenvalue weighted by molar-refractivity contribution is 9.09. The quantitative estimate of drug-likeness (QED) is 0.325. The van der Waals surface area contributed by atoms with Gasteiger partial charge in [0.25, 0.3) is 0 Å². The molecule has 0 rings (SSSR count). The molecule has 0 aliphatic heterocycles. The van der Waals surface area contributed by atoms with E-state index in [0.717, 1.165) is 6.92 Å². The van der Waals surface area contributed by atoms with Crippen molar-refractivity contribution < 1.29 is 34.1 Å². The number of halogens is 1. The molecule has 0 heterocycles. The Morgan fingerprint density at radius 3 is 1.94 bits per heavy atom. The molecule has 0 saturated heterocycles. The third-order valence-electron chi connectivity index (χ3n) is 1.69. The Hall–Kier alpha value is -1.70. The van der Waals surface area contributed by atoms with Gasteiger partial charge in [-0.3, -0.25) is 9.59 Å². The summed E-state index contributed by atoms with van der Waals surface area (Å²) in [7, 11) is 0. The van der Waals surface area contributed by atoms with Crippen molar-refractivity contribution >= 4 is 39.8 Å². The third-order valence-corrected chi connectivity index (χ3v) is 2.15. The first-order chi connectivity index (χ1) is 7.79. The number of hydrogen-bond acceptors (Lipinski definition) is 5. The molecule has 94 valence electrons. The van der Waals surface area contributed by atoms with Gasteiger partial charge >= 0.3 is 23.9 Å². The summed E-state index contributed by atoms with van der Waals surface area (Å²) < 4.78 is 4.19. The molecule has 0 aromatic carbocycles. The van der Waals surface area contributed by atoms with E-state index in [9.17, 15) is 19.2 Å². The van der Waals surface area contributed by atoms with Gasteiger partial charge in [-0.05, 0) is 6.92 Å². The molecule has 2 N–H and O–H groups in total. The maximum absolute atomic E-state index is 11.1. The summed E-state index contributed by atoms with van der Waals surface area (Å²) in [6, 6.07) is 0. The zero-order valence-electron chi connectivity index (χ0n) is 8.73. The van der Waals surface area contributed by atoms with Crippen LogP contribution in [0.5, 0.6) is 0 Å². The van der Waals surface area contributed by atoms with Crippen molar-refractivity contribution in [1.29, 1.82) is 0 Å². The van der Waals surface area contributed by atoms with Gasteiger partial charge in [0.15, 0.2) is 0 Å². The predicted octanol–water partition coefficient (Wildman–Crippen LogP) is 0.327. The molecule has 7 nitrogen and oxygen atoms in total. The standard InChI is InChI=1S/C9H9BrO7/c1-4(8(13)14)5(9(15)16)2-6(11)17-7(12)3-10/h2-3H2,1H3,(H,13,14)(H,15,16)/b5-4+. The van der Waals surface area contributed by atoms with Crippen LogP contribution in [0.4, 0.5) is 0 Å². The topological polar surface area (TPSA) is 118 Å². The second kappa shape index (κ2) is 6.79. The fourth-order valence-electron chi connectivity index (χ4n) is 0.832. The molecule has 0 aromatic heterocycles. The van der Waals surface area contributed by atoms with Crippen molar-refractivity contribution in [2.75, 3.05) is 5.33 Å². The number of hydrogen-bond donors (Lipinski definition) is 2. The van der Waals surface area contributed by atoms with Crippen LogP contribution in [-0.4, -0.2) is 39.4 Å². The number of carbonyl (C=O) groups excluding carboxylic acids is 2. The normalized spacial score (nSPS) is 11.4. The molecule has 0 bridgehead atoms. The lowest BCUT2D eigenvalue weighted by molar-refractivity contribution is -0.157. The lowest BCUT2D eigenvalue weighted by Crippen LogP contribution is -2.18. The van der Waals surface area contributed by atoms with Crippen molar-refractivity contribution in [3.8, 4) is 0 Å². The van der Waals surface area contributed by atoms with E-state index in [2.05, 4.69) is 20.7 Å². The molecular weight excluding hydrogens is 300 g/mol. The first-order valence-electron chi connectivity index (χ1n) is 4.25. The third kappa shape index (κ3) is 5.25. The van der Waals surface area contributed by atoms with E-state index in [-0.39, 0.29) is 5.33 Å². The zero-order valence-corrected chi connectivity index (χ0v) is 10.3. The number of esters is 2. The smallest absolute Gasteiger partial charge is 0.332 e. The number of rotatable bonds is 5. The summed E-state index contributed by atoms with van der Waals surface area (Å²) in [5, 5.41) is 17.1. The molecular formula is C9H9BrO7. The average Bonchev–Trinajstić information content (AvgIpc) is 2.24. The molecule has 0 saturated carbocycles. The summed E-state index contributed by atoms with van der Waals surface area (Å²) in [6.45, 7) is 1.05. The van der Waals surface area contributed by atoms with Crippen LogP contribution in [0.3, 0.4) is 0 Å². The molecule has 0 aliphatic rings. The Morgan fingerprint density at radius 1 is 1.06 bits per heavy atom. The first-order valence-corrected chi connectivity index (χ1v) is 5.37. The maximum Gasteiger partial charge on any atom is 0.332 e. The second-order valence-electron chi connectivity index (χ2n) is 2.87. The number of alkyl halides is 1. The molecule has 0 fully saturated rings. The van der Waals surface area contributed by atoms with E-state index in [4.69, 9.17) is 10.2 Å². The van der Waals surface area contributed by atoms with E-state index in [1.54, 1.807) is 0 Å². The van der Waals surface area contributed by atoms with Gasteiger partial charge in [0.2, 0.25) is 0 Å². The molecule has 0 amide bonds. The molecule has 0 atom stereocenters. The number of aliphatic carboxylic acids is 2. The van der Waals surface area contributed by atoms with E-state index >= 15 is 0 Å². The number of carbonyl (C=O) groups is 4. The predicted molar refractivity (Wildman–Crippen MR) is 57.5 cm³/mol. The van der Waals surface area contributed by atoms with Crippen LogP contribution in [0.15, 0.2) is 11.1 Å². The Kier molecular flexibility index (Phi) is 6.11. The highest BCUT2D eigenvalue weighted by Gasteiger charge is 2.21. The van der Waals surface area contributed by atoms with Crippen molar-refractivity contribution in [1.82, 2.24) is 0 Å². The second-order valence-corrected chi connectivity index (χ2v) is 3.43.